The van der Waals surface area contributed by atoms with Gasteiger partial charge in [-0.2, -0.15) is 0 Å². The number of carbonyl (C=O) groups is 1. The number of hydrogen-bond donors (Lipinski definition) is 2. The van der Waals surface area contributed by atoms with Gasteiger partial charge in [-0.15, -0.1) is 24.0 Å². The van der Waals surface area contributed by atoms with E-state index in [-0.39, 0.29) is 29.9 Å². The Kier molecular flexibility index (Phi) is 10.00. The maximum Gasteiger partial charge on any atom is 0.222 e. The molecule has 34 heavy (non-hydrogen) atoms. The number of benzene rings is 3. The molecule has 1 fully saturated rings. The van der Waals surface area contributed by atoms with Crippen molar-refractivity contribution in [2.45, 2.75) is 32.4 Å². The van der Waals surface area contributed by atoms with E-state index in [4.69, 9.17) is 4.74 Å². The Morgan fingerprint density at radius 3 is 2.53 bits per heavy atom. The van der Waals surface area contributed by atoms with E-state index in [2.05, 4.69) is 52.0 Å². The van der Waals surface area contributed by atoms with Gasteiger partial charge in [-0.25, -0.2) is 0 Å². The van der Waals surface area contributed by atoms with E-state index in [1.807, 2.05) is 35.2 Å². The molecule has 6 nitrogen and oxygen atoms in total. The minimum absolute atomic E-state index is 0. The van der Waals surface area contributed by atoms with E-state index < -0.39 is 0 Å². The predicted molar refractivity (Wildman–Crippen MR) is 149 cm³/mol. The van der Waals surface area contributed by atoms with Crippen molar-refractivity contribution in [3.63, 3.8) is 0 Å². The van der Waals surface area contributed by atoms with Crippen LogP contribution in [0.3, 0.4) is 0 Å². The fraction of sp³-hybridized carbons (Fsp3) is 0.333. The molecule has 2 N–H and O–H groups in total. The molecular weight excluding hydrogens is 539 g/mol. The summed E-state index contributed by atoms with van der Waals surface area (Å²) in [5.74, 6) is 1.90. The average molecular weight is 572 g/mol. The average Bonchev–Trinajstić information content (AvgIpc) is 3.25. The molecule has 0 unspecified atom stereocenters. The minimum Gasteiger partial charge on any atom is -0.494 e. The molecule has 0 atom stereocenters. The summed E-state index contributed by atoms with van der Waals surface area (Å²) in [5, 5.41) is 9.14. The third-order valence-electron chi connectivity index (χ3n) is 5.92. The molecule has 0 aliphatic carbocycles. The number of fused-ring (bicyclic) bond motifs is 1. The molecule has 1 amide bonds. The van der Waals surface area contributed by atoms with Crippen molar-refractivity contribution >= 4 is 46.6 Å². The maximum absolute atomic E-state index is 12.0. The lowest BCUT2D eigenvalue weighted by molar-refractivity contribution is -0.128. The van der Waals surface area contributed by atoms with E-state index in [9.17, 15) is 4.79 Å². The number of rotatable bonds is 9. The summed E-state index contributed by atoms with van der Waals surface area (Å²) < 4.78 is 5.91. The number of amides is 1. The Hall–Kier alpha value is -2.81. The highest BCUT2D eigenvalue weighted by Crippen LogP contribution is 2.20. The Balaban J connectivity index is 0.00000324. The quantitative estimate of drug-likeness (QED) is 0.169. The van der Waals surface area contributed by atoms with Crippen LogP contribution in [0.1, 0.15) is 30.4 Å². The van der Waals surface area contributed by atoms with Crippen molar-refractivity contribution in [3.05, 3.63) is 77.9 Å². The third-order valence-corrected chi connectivity index (χ3v) is 5.92. The van der Waals surface area contributed by atoms with Crippen LogP contribution in [0.25, 0.3) is 10.8 Å². The number of hydrogen-bond acceptors (Lipinski definition) is 3. The highest BCUT2D eigenvalue weighted by Gasteiger charge is 2.20. The summed E-state index contributed by atoms with van der Waals surface area (Å²) in [5.41, 5.74) is 2.36. The van der Waals surface area contributed by atoms with Gasteiger partial charge in [0.2, 0.25) is 5.91 Å². The molecule has 0 saturated carbocycles. The second-order valence-corrected chi connectivity index (χ2v) is 8.25. The van der Waals surface area contributed by atoms with Gasteiger partial charge in [-0.05, 0) is 46.9 Å². The van der Waals surface area contributed by atoms with E-state index in [0.717, 1.165) is 37.6 Å². The van der Waals surface area contributed by atoms with Crippen LogP contribution in [0.15, 0.2) is 71.7 Å². The molecule has 7 heteroatoms. The zero-order valence-electron chi connectivity index (χ0n) is 19.6. The van der Waals surface area contributed by atoms with Crippen molar-refractivity contribution < 1.29 is 9.53 Å². The molecule has 1 aliphatic heterocycles. The summed E-state index contributed by atoms with van der Waals surface area (Å²) in [6, 6.07) is 22.7. The van der Waals surface area contributed by atoms with E-state index in [0.29, 0.717) is 26.1 Å². The Labute approximate surface area is 218 Å². The normalized spacial score (nSPS) is 13.6. The van der Waals surface area contributed by atoms with Gasteiger partial charge in [0.25, 0.3) is 0 Å². The minimum atomic E-state index is 0. The highest BCUT2D eigenvalue weighted by molar-refractivity contribution is 14.0. The van der Waals surface area contributed by atoms with Gasteiger partial charge in [0, 0.05) is 39.6 Å². The number of nitrogens with zero attached hydrogens (tertiary/aromatic N) is 2. The van der Waals surface area contributed by atoms with Crippen LogP contribution in [0.2, 0.25) is 0 Å². The lowest BCUT2D eigenvalue weighted by atomic mass is 10.1. The van der Waals surface area contributed by atoms with E-state index in [1.54, 1.807) is 7.05 Å². The van der Waals surface area contributed by atoms with Gasteiger partial charge in [0.05, 0.1) is 6.61 Å². The molecule has 1 saturated heterocycles. The van der Waals surface area contributed by atoms with Crippen LogP contribution < -0.4 is 15.4 Å². The SMILES string of the molecule is CN=C(NCCCOc1ccc2ccccc2c1)NCc1ccccc1CN1CCCC1=O.I. The van der Waals surface area contributed by atoms with Crippen molar-refractivity contribution in [1.82, 2.24) is 15.5 Å². The second-order valence-electron chi connectivity index (χ2n) is 8.25. The summed E-state index contributed by atoms with van der Waals surface area (Å²) in [7, 11) is 1.77. The first kappa shape index (κ1) is 25.8. The van der Waals surface area contributed by atoms with Gasteiger partial charge >= 0.3 is 0 Å². The van der Waals surface area contributed by atoms with Gasteiger partial charge in [0.15, 0.2) is 5.96 Å². The summed E-state index contributed by atoms with van der Waals surface area (Å²) in [4.78, 5) is 18.3. The molecule has 0 bridgehead atoms. The Bertz CT molecular complexity index is 1120. The molecule has 0 aromatic heterocycles. The molecule has 180 valence electrons. The largest absolute Gasteiger partial charge is 0.494 e. The van der Waals surface area contributed by atoms with E-state index >= 15 is 0 Å². The number of guanidine groups is 1. The number of halogens is 1. The highest BCUT2D eigenvalue weighted by atomic mass is 127. The van der Waals surface area contributed by atoms with Crippen LogP contribution in [0.4, 0.5) is 0 Å². The monoisotopic (exact) mass is 572 g/mol. The van der Waals surface area contributed by atoms with Gasteiger partial charge in [-0.3, -0.25) is 9.79 Å². The second kappa shape index (κ2) is 13.2. The summed E-state index contributed by atoms with van der Waals surface area (Å²) in [6.45, 7) is 3.58. The zero-order valence-corrected chi connectivity index (χ0v) is 22.0. The van der Waals surface area contributed by atoms with Gasteiger partial charge < -0.3 is 20.3 Å². The first-order valence-corrected chi connectivity index (χ1v) is 11.6. The predicted octanol–water partition coefficient (Wildman–Crippen LogP) is 4.71. The molecule has 4 rings (SSSR count). The summed E-state index contributed by atoms with van der Waals surface area (Å²) in [6.07, 6.45) is 2.49. The maximum atomic E-state index is 12.0. The molecule has 0 radical (unpaired) electrons. The van der Waals surface area contributed by atoms with Crippen LogP contribution in [-0.2, 0) is 17.9 Å². The fourth-order valence-electron chi connectivity index (χ4n) is 4.09. The van der Waals surface area contributed by atoms with Crippen molar-refractivity contribution in [1.29, 1.82) is 0 Å². The van der Waals surface area contributed by atoms with Gasteiger partial charge in [-0.1, -0.05) is 54.6 Å². The lowest BCUT2D eigenvalue weighted by Gasteiger charge is -2.19. The topological polar surface area (TPSA) is 66.0 Å². The molecule has 0 spiro atoms. The van der Waals surface area contributed by atoms with Crippen molar-refractivity contribution in [2.24, 2.45) is 4.99 Å². The molecule has 1 aliphatic rings. The van der Waals surface area contributed by atoms with Crippen molar-refractivity contribution in [2.75, 3.05) is 26.7 Å². The lowest BCUT2D eigenvalue weighted by Crippen LogP contribution is -2.38. The number of carbonyl (C=O) groups excluding carboxylic acids is 1. The molecular formula is C27H33IN4O2. The Morgan fingerprint density at radius 2 is 1.76 bits per heavy atom. The molecule has 3 aromatic rings. The van der Waals surface area contributed by atoms with Crippen LogP contribution in [-0.4, -0.2) is 43.5 Å². The molecule has 1 heterocycles. The van der Waals surface area contributed by atoms with Crippen LogP contribution in [0, 0.1) is 0 Å². The molecule has 3 aromatic carbocycles. The number of ether oxygens (including phenoxy) is 1. The Morgan fingerprint density at radius 1 is 1.00 bits per heavy atom. The number of likely N-dealkylation sites (tertiary alicyclic amines) is 1. The number of aliphatic imine (C=N–C) groups is 1. The van der Waals surface area contributed by atoms with E-state index in [1.165, 1.54) is 21.9 Å². The summed E-state index contributed by atoms with van der Waals surface area (Å²) >= 11 is 0. The zero-order chi connectivity index (χ0) is 22.9. The van der Waals surface area contributed by atoms with Crippen LogP contribution >= 0.6 is 24.0 Å². The standard InChI is InChI=1S/C27H32N4O2.HI/c1-28-27(29-15-7-17-33-25-14-13-21-8-2-3-9-22(21)18-25)30-19-23-10-4-5-11-24(23)20-31-16-6-12-26(31)32;/h2-5,8-11,13-14,18H,6-7,12,15-17,19-20H2,1H3,(H2,28,29,30);1H. The van der Waals surface area contributed by atoms with Crippen molar-refractivity contribution in [3.8, 4) is 5.75 Å². The third kappa shape index (κ3) is 7.09. The van der Waals surface area contributed by atoms with Crippen LogP contribution in [0.5, 0.6) is 5.75 Å². The first-order valence-electron chi connectivity index (χ1n) is 11.6. The fourth-order valence-corrected chi connectivity index (χ4v) is 4.09. The first-order chi connectivity index (χ1) is 16.2. The smallest absolute Gasteiger partial charge is 0.222 e. The van der Waals surface area contributed by atoms with Gasteiger partial charge in [0.1, 0.15) is 5.75 Å². The number of nitrogens with one attached hydrogen (secondary N) is 2.